The molecule has 0 unspecified atom stereocenters. The number of hydrogen-bond acceptors (Lipinski definition) is 5. The van der Waals surface area contributed by atoms with Crippen LogP contribution < -0.4 is 15.1 Å². The first-order chi connectivity index (χ1) is 16.3. The predicted octanol–water partition coefficient (Wildman–Crippen LogP) is 3.99. The van der Waals surface area contributed by atoms with Crippen molar-refractivity contribution in [2.24, 2.45) is 11.8 Å². The number of thioether (sulfide) groups is 1. The fourth-order valence-electron chi connectivity index (χ4n) is 5.74. The second-order valence-corrected chi connectivity index (χ2v) is 10.6. The number of para-hydroxylation sites is 1. The van der Waals surface area contributed by atoms with E-state index in [1.807, 2.05) is 37.4 Å². The molecular formula is C26H26ClN3O3S. The number of anilines is 2. The molecule has 4 atom stereocenters. The molecule has 0 radical (unpaired) electrons. The van der Waals surface area contributed by atoms with Gasteiger partial charge in [-0.15, -0.1) is 0 Å². The van der Waals surface area contributed by atoms with E-state index in [2.05, 4.69) is 11.9 Å². The summed E-state index contributed by atoms with van der Waals surface area (Å²) in [6, 6.07) is 14.0. The highest BCUT2D eigenvalue weighted by Gasteiger charge is 2.71. The number of amides is 3. The predicted molar refractivity (Wildman–Crippen MR) is 136 cm³/mol. The van der Waals surface area contributed by atoms with Crippen LogP contribution in [0.3, 0.4) is 0 Å². The van der Waals surface area contributed by atoms with E-state index in [1.54, 1.807) is 40.9 Å². The summed E-state index contributed by atoms with van der Waals surface area (Å²) in [4.78, 5) is 44.8. The Morgan fingerprint density at radius 3 is 2.62 bits per heavy atom. The van der Waals surface area contributed by atoms with Crippen LogP contribution in [0, 0.1) is 11.8 Å². The molecule has 3 heterocycles. The van der Waals surface area contributed by atoms with Crippen molar-refractivity contribution in [1.82, 2.24) is 5.32 Å². The Balaban J connectivity index is 1.67. The molecule has 0 saturated carbocycles. The summed E-state index contributed by atoms with van der Waals surface area (Å²) in [6.07, 6.45) is 2.68. The molecule has 5 rings (SSSR count). The molecule has 1 N–H and O–H groups in total. The third kappa shape index (κ3) is 3.25. The number of nitrogens with zero attached hydrogens (tertiary/aromatic N) is 2. The van der Waals surface area contributed by atoms with Gasteiger partial charge in [0, 0.05) is 28.9 Å². The first kappa shape index (κ1) is 23.1. The number of benzene rings is 2. The molecule has 0 aromatic heterocycles. The Labute approximate surface area is 208 Å². The van der Waals surface area contributed by atoms with Crippen molar-refractivity contribution in [3.05, 3.63) is 71.3 Å². The maximum atomic E-state index is 14.1. The highest BCUT2D eigenvalue weighted by atomic mass is 35.5. The number of rotatable bonds is 6. The number of carbonyl (C=O) groups excluding carboxylic acids is 3. The van der Waals surface area contributed by atoms with E-state index in [1.165, 1.54) is 4.90 Å². The summed E-state index contributed by atoms with van der Waals surface area (Å²) in [6.45, 7) is 6.22. The SMILES string of the molecule is C=C(C)CN1C(=O)[C@]2(N[C@H](CCSC)[C@@H]3C(=O)N(c4cccc(Cl)c4)C(=O)[C@@H]32)c2ccccc21. The lowest BCUT2D eigenvalue weighted by atomic mass is 9.76. The van der Waals surface area contributed by atoms with Gasteiger partial charge in [0.15, 0.2) is 0 Å². The first-order valence-corrected chi connectivity index (χ1v) is 13.0. The largest absolute Gasteiger partial charge is 0.306 e. The van der Waals surface area contributed by atoms with Crippen molar-refractivity contribution in [1.29, 1.82) is 0 Å². The summed E-state index contributed by atoms with van der Waals surface area (Å²) in [5, 5.41) is 3.97. The summed E-state index contributed by atoms with van der Waals surface area (Å²) >= 11 is 7.86. The average molecular weight is 496 g/mol. The highest BCUT2D eigenvalue weighted by Crippen LogP contribution is 2.55. The molecule has 0 aliphatic carbocycles. The van der Waals surface area contributed by atoms with Crippen LogP contribution in [0.25, 0.3) is 0 Å². The third-order valence-corrected chi connectivity index (χ3v) is 7.87. The van der Waals surface area contributed by atoms with E-state index in [4.69, 9.17) is 11.6 Å². The van der Waals surface area contributed by atoms with Crippen molar-refractivity contribution in [3.63, 3.8) is 0 Å². The van der Waals surface area contributed by atoms with Gasteiger partial charge in [-0.2, -0.15) is 11.8 Å². The lowest BCUT2D eigenvalue weighted by Crippen LogP contribution is -2.55. The molecule has 2 aromatic rings. The van der Waals surface area contributed by atoms with Gasteiger partial charge < -0.3 is 4.90 Å². The number of halogens is 1. The van der Waals surface area contributed by atoms with Crippen LogP contribution in [0.15, 0.2) is 60.7 Å². The monoisotopic (exact) mass is 495 g/mol. The zero-order chi connectivity index (χ0) is 24.2. The van der Waals surface area contributed by atoms with Crippen LogP contribution in [0.4, 0.5) is 11.4 Å². The van der Waals surface area contributed by atoms with E-state index in [0.29, 0.717) is 23.7 Å². The molecule has 3 amide bonds. The standard InChI is InChI=1S/C26H26ClN3O3S/c1-15(2)14-29-20-10-5-4-9-18(20)26(25(29)33)22-21(19(28-26)11-12-34-3)23(31)30(24(22)32)17-8-6-7-16(27)13-17/h4-10,13,19,21-22,28H,1,11-12,14H2,2-3H3/t19-,21+,22-,26+/m1/s1. The fourth-order valence-corrected chi connectivity index (χ4v) is 6.41. The van der Waals surface area contributed by atoms with Crippen LogP contribution in [0.5, 0.6) is 0 Å². The van der Waals surface area contributed by atoms with Crippen molar-refractivity contribution in [3.8, 4) is 0 Å². The zero-order valence-corrected chi connectivity index (χ0v) is 20.7. The quantitative estimate of drug-likeness (QED) is 0.484. The number of carbonyl (C=O) groups is 3. The third-order valence-electron chi connectivity index (χ3n) is 6.99. The second kappa shape index (κ2) is 8.56. The van der Waals surface area contributed by atoms with Gasteiger partial charge in [0.05, 0.1) is 17.5 Å². The average Bonchev–Trinajstić information content (AvgIpc) is 3.37. The van der Waals surface area contributed by atoms with Crippen molar-refractivity contribution < 1.29 is 14.4 Å². The Morgan fingerprint density at radius 2 is 1.91 bits per heavy atom. The Hall–Kier alpha value is -2.61. The fraction of sp³-hybridized carbons (Fsp3) is 0.346. The highest BCUT2D eigenvalue weighted by molar-refractivity contribution is 7.98. The van der Waals surface area contributed by atoms with Crippen molar-refractivity contribution in [2.75, 3.05) is 28.4 Å². The molecule has 1 spiro atoms. The van der Waals surface area contributed by atoms with Crippen LogP contribution in [0.1, 0.15) is 18.9 Å². The normalized spacial score (nSPS) is 27.6. The Bertz CT molecular complexity index is 1220. The molecule has 2 fully saturated rings. The molecule has 3 aliphatic rings. The lowest BCUT2D eigenvalue weighted by Gasteiger charge is -2.30. The molecule has 34 heavy (non-hydrogen) atoms. The van der Waals surface area contributed by atoms with Crippen molar-refractivity contribution >= 4 is 52.5 Å². The lowest BCUT2D eigenvalue weighted by molar-refractivity contribution is -0.132. The van der Waals surface area contributed by atoms with E-state index in [9.17, 15) is 14.4 Å². The zero-order valence-electron chi connectivity index (χ0n) is 19.1. The maximum absolute atomic E-state index is 14.1. The van der Waals surface area contributed by atoms with E-state index >= 15 is 0 Å². The van der Waals surface area contributed by atoms with Gasteiger partial charge in [-0.3, -0.25) is 19.7 Å². The van der Waals surface area contributed by atoms with Crippen LogP contribution in [0.2, 0.25) is 5.02 Å². The van der Waals surface area contributed by atoms with Gasteiger partial charge in [-0.1, -0.05) is 48.0 Å². The van der Waals surface area contributed by atoms with Gasteiger partial charge in [-0.05, 0) is 49.6 Å². The summed E-state index contributed by atoms with van der Waals surface area (Å²) in [5.41, 5.74) is 1.49. The Morgan fingerprint density at radius 1 is 1.15 bits per heavy atom. The van der Waals surface area contributed by atoms with Gasteiger partial charge in [0.2, 0.25) is 11.8 Å². The first-order valence-electron chi connectivity index (χ1n) is 11.3. The number of nitrogens with one attached hydrogen (secondary N) is 1. The van der Waals surface area contributed by atoms with E-state index < -0.39 is 17.4 Å². The van der Waals surface area contributed by atoms with Crippen LogP contribution in [-0.2, 0) is 19.9 Å². The molecule has 0 bridgehead atoms. The van der Waals surface area contributed by atoms with Crippen LogP contribution >= 0.6 is 23.4 Å². The minimum atomic E-state index is -1.29. The number of fused-ring (bicyclic) bond motifs is 4. The number of imide groups is 1. The Kier molecular flexibility index (Phi) is 5.82. The van der Waals surface area contributed by atoms with E-state index in [0.717, 1.165) is 22.6 Å². The van der Waals surface area contributed by atoms with E-state index in [-0.39, 0.29) is 23.8 Å². The summed E-state index contributed by atoms with van der Waals surface area (Å²) < 4.78 is 0. The summed E-state index contributed by atoms with van der Waals surface area (Å²) in [5.74, 6) is -1.52. The maximum Gasteiger partial charge on any atom is 0.253 e. The molecule has 8 heteroatoms. The topological polar surface area (TPSA) is 69.7 Å². The minimum absolute atomic E-state index is 0.201. The summed E-state index contributed by atoms with van der Waals surface area (Å²) in [7, 11) is 0. The smallest absolute Gasteiger partial charge is 0.253 e. The van der Waals surface area contributed by atoms with Gasteiger partial charge in [-0.25, -0.2) is 4.90 Å². The van der Waals surface area contributed by atoms with Gasteiger partial charge >= 0.3 is 0 Å². The number of hydrogen-bond donors (Lipinski definition) is 1. The molecule has 3 aliphatic heterocycles. The molecule has 2 aromatic carbocycles. The van der Waals surface area contributed by atoms with Crippen LogP contribution in [-0.4, -0.2) is 42.3 Å². The molecular weight excluding hydrogens is 470 g/mol. The molecule has 2 saturated heterocycles. The van der Waals surface area contributed by atoms with Gasteiger partial charge in [0.25, 0.3) is 5.91 Å². The van der Waals surface area contributed by atoms with Gasteiger partial charge in [0.1, 0.15) is 5.54 Å². The molecule has 6 nitrogen and oxygen atoms in total. The van der Waals surface area contributed by atoms with Crippen molar-refractivity contribution in [2.45, 2.75) is 24.9 Å². The minimum Gasteiger partial charge on any atom is -0.306 e. The molecule has 176 valence electrons. The second-order valence-electron chi connectivity index (χ2n) is 9.20.